The molecule has 1 aromatic carbocycles. The van der Waals surface area contributed by atoms with Gasteiger partial charge in [0, 0.05) is 19.3 Å². The van der Waals surface area contributed by atoms with Crippen molar-refractivity contribution in [1.82, 2.24) is 0 Å². The van der Waals surface area contributed by atoms with Crippen molar-refractivity contribution in [3.8, 4) is 5.75 Å². The van der Waals surface area contributed by atoms with Crippen LogP contribution in [0.3, 0.4) is 0 Å². The first kappa shape index (κ1) is 22.8. The second-order valence-electron chi connectivity index (χ2n) is 10.8. The van der Waals surface area contributed by atoms with E-state index in [9.17, 15) is 18.0 Å². The van der Waals surface area contributed by atoms with Crippen LogP contribution < -0.4 is 4.18 Å². The first-order valence-corrected chi connectivity index (χ1v) is 13.5. The number of hydrogen-bond donors (Lipinski definition) is 0. The van der Waals surface area contributed by atoms with E-state index in [1.165, 1.54) is 0 Å². The molecule has 0 spiro atoms. The van der Waals surface area contributed by atoms with Gasteiger partial charge in [0.05, 0.1) is 29.8 Å². The number of carbonyl (C=O) groups excluding carboxylic acids is 2. The average Bonchev–Trinajstić information content (AvgIpc) is 3.06. The summed E-state index contributed by atoms with van der Waals surface area (Å²) in [4.78, 5) is 24.2. The lowest BCUT2D eigenvalue weighted by molar-refractivity contribution is -0.184. The molecule has 0 radical (unpaired) electrons. The van der Waals surface area contributed by atoms with Gasteiger partial charge in [-0.25, -0.2) is 0 Å². The summed E-state index contributed by atoms with van der Waals surface area (Å²) in [7, 11) is -3.90. The maximum Gasteiger partial charge on any atom is 0.310 e. The highest BCUT2D eigenvalue weighted by Crippen LogP contribution is 2.64. The molecule has 5 atom stereocenters. The monoisotopic (exact) mass is 476 g/mol. The first-order valence-electron chi connectivity index (χ1n) is 12.0. The Morgan fingerprint density at radius 3 is 2.45 bits per heavy atom. The molecule has 2 saturated heterocycles. The Balaban J connectivity index is 1.17. The summed E-state index contributed by atoms with van der Waals surface area (Å²) in [5.74, 6) is 0.168. The van der Waals surface area contributed by atoms with Crippen molar-refractivity contribution in [1.29, 1.82) is 0 Å². The smallest absolute Gasteiger partial charge is 0.310 e. The number of Topliss-reactive ketones (excluding diaryl/α,β-unsaturated/α-hetero) is 1. The fraction of sp³-hybridized carbons (Fsp3) is 0.680. The average molecular weight is 477 g/mol. The summed E-state index contributed by atoms with van der Waals surface area (Å²) in [6, 6.07) is 7.07. The van der Waals surface area contributed by atoms with Crippen LogP contribution in [0.2, 0.25) is 0 Å². The van der Waals surface area contributed by atoms with Gasteiger partial charge < -0.3 is 13.7 Å². The Labute approximate surface area is 195 Å². The van der Waals surface area contributed by atoms with E-state index in [2.05, 4.69) is 0 Å². The van der Waals surface area contributed by atoms with Crippen LogP contribution in [-0.2, 0) is 35.6 Å². The molecule has 7 nitrogen and oxygen atoms in total. The van der Waals surface area contributed by atoms with E-state index in [-0.39, 0.29) is 52.9 Å². The van der Waals surface area contributed by atoms with Crippen LogP contribution in [0.1, 0.15) is 64.4 Å². The number of carbonyl (C=O) groups is 2. The van der Waals surface area contributed by atoms with Crippen LogP contribution in [0.5, 0.6) is 5.75 Å². The standard InChI is InChI=1S/C25H32O7S/c1-24(2)17-9-10-25(24,22(26)11-17)15-33(28,29)32-18-6-3-16(4-7-18)5-8-19-12-20-13-21(30-19)14-23(27)31-20/h3-4,6-7,17,19-21H,5,8-15H2,1-2H3/t17?,19-,20?,21?,25+/m0/s1. The van der Waals surface area contributed by atoms with Gasteiger partial charge in [-0.15, -0.1) is 0 Å². The van der Waals surface area contributed by atoms with Crippen LogP contribution >= 0.6 is 0 Å². The molecule has 180 valence electrons. The minimum absolute atomic E-state index is 0.0395. The molecule has 2 aliphatic heterocycles. The first-order chi connectivity index (χ1) is 15.6. The molecule has 0 N–H and O–H groups in total. The largest absolute Gasteiger partial charge is 0.462 e. The highest BCUT2D eigenvalue weighted by molar-refractivity contribution is 7.87. The second kappa shape index (κ2) is 8.08. The van der Waals surface area contributed by atoms with Gasteiger partial charge in [-0.05, 0) is 54.7 Å². The summed E-state index contributed by atoms with van der Waals surface area (Å²) >= 11 is 0. The van der Waals surface area contributed by atoms with Crippen molar-refractivity contribution in [3.05, 3.63) is 29.8 Å². The molecule has 0 aromatic heterocycles. The molecule has 8 heteroatoms. The van der Waals surface area contributed by atoms with Crippen molar-refractivity contribution < 1.29 is 31.7 Å². The molecule has 4 bridgehead atoms. The highest BCUT2D eigenvalue weighted by Gasteiger charge is 2.65. The normalized spacial score (nSPS) is 34.8. The minimum atomic E-state index is -3.90. The van der Waals surface area contributed by atoms with Gasteiger partial charge in [0.2, 0.25) is 0 Å². The van der Waals surface area contributed by atoms with Crippen LogP contribution in [0.4, 0.5) is 0 Å². The maximum atomic E-state index is 12.9. The van der Waals surface area contributed by atoms with Gasteiger partial charge >= 0.3 is 16.1 Å². The Kier molecular flexibility index (Phi) is 5.59. The fourth-order valence-corrected chi connectivity index (χ4v) is 8.27. The van der Waals surface area contributed by atoms with Gasteiger partial charge in [-0.1, -0.05) is 26.0 Å². The molecular weight excluding hydrogens is 444 g/mol. The third kappa shape index (κ3) is 4.20. The molecule has 1 aromatic rings. The van der Waals surface area contributed by atoms with Crippen LogP contribution in [0, 0.1) is 16.7 Å². The van der Waals surface area contributed by atoms with E-state index in [4.69, 9.17) is 13.7 Å². The van der Waals surface area contributed by atoms with E-state index in [1.807, 2.05) is 26.0 Å². The SMILES string of the molecule is CC1(C)C2CC[C@@]1(CS(=O)(=O)Oc1ccc(CC[C@H]3CC4CC(CC(=O)O4)O3)cc1)C(=O)C2. The number of rotatable bonds is 7. The zero-order valence-corrected chi connectivity index (χ0v) is 20.1. The summed E-state index contributed by atoms with van der Waals surface area (Å²) in [5, 5.41) is 0. The number of ketones is 1. The van der Waals surface area contributed by atoms with Gasteiger partial charge in [0.15, 0.2) is 0 Å². The number of benzene rings is 1. The Morgan fingerprint density at radius 2 is 1.82 bits per heavy atom. The molecular formula is C25H32O7S. The van der Waals surface area contributed by atoms with Crippen molar-refractivity contribution in [2.45, 2.75) is 83.5 Å². The Morgan fingerprint density at radius 1 is 1.06 bits per heavy atom. The van der Waals surface area contributed by atoms with Crippen molar-refractivity contribution in [3.63, 3.8) is 0 Å². The van der Waals surface area contributed by atoms with Crippen molar-refractivity contribution >= 4 is 21.9 Å². The van der Waals surface area contributed by atoms with Crippen molar-refractivity contribution in [2.75, 3.05) is 5.75 Å². The molecule has 5 rings (SSSR count). The molecule has 33 heavy (non-hydrogen) atoms. The predicted octanol–water partition coefficient (Wildman–Crippen LogP) is 3.59. The zero-order chi connectivity index (χ0) is 23.4. The number of aryl methyl sites for hydroxylation is 1. The van der Waals surface area contributed by atoms with E-state index in [0.717, 1.165) is 37.7 Å². The van der Waals surface area contributed by atoms with Crippen LogP contribution in [0.25, 0.3) is 0 Å². The van der Waals surface area contributed by atoms with Crippen LogP contribution in [-0.4, -0.2) is 44.2 Å². The van der Waals surface area contributed by atoms with Gasteiger partial charge in [-0.2, -0.15) is 8.42 Å². The predicted molar refractivity (Wildman–Crippen MR) is 120 cm³/mol. The van der Waals surface area contributed by atoms with Gasteiger partial charge in [-0.3, -0.25) is 9.59 Å². The lowest BCUT2D eigenvalue weighted by Crippen LogP contribution is -2.43. The summed E-state index contributed by atoms with van der Waals surface area (Å²) in [5.41, 5.74) is -0.0914. The lowest BCUT2D eigenvalue weighted by atomic mass is 9.70. The number of fused-ring (bicyclic) bond motifs is 4. The molecule has 3 unspecified atom stereocenters. The molecule has 2 saturated carbocycles. The molecule has 2 heterocycles. The summed E-state index contributed by atoms with van der Waals surface area (Å²) in [6.45, 7) is 4.04. The van der Waals surface area contributed by atoms with E-state index < -0.39 is 15.5 Å². The summed E-state index contributed by atoms with van der Waals surface area (Å²) in [6.07, 6.45) is 5.40. The van der Waals surface area contributed by atoms with Gasteiger partial charge in [0.25, 0.3) is 0 Å². The minimum Gasteiger partial charge on any atom is -0.462 e. The van der Waals surface area contributed by atoms with E-state index in [1.54, 1.807) is 12.1 Å². The summed E-state index contributed by atoms with van der Waals surface area (Å²) < 4.78 is 42.6. The molecule has 4 aliphatic rings. The molecule has 2 aliphatic carbocycles. The Hall–Kier alpha value is -1.93. The third-order valence-electron chi connectivity index (χ3n) is 8.59. The quantitative estimate of drug-likeness (QED) is 0.438. The fourth-order valence-electron chi connectivity index (χ4n) is 6.52. The second-order valence-corrected chi connectivity index (χ2v) is 12.4. The maximum absolute atomic E-state index is 12.9. The molecule has 0 amide bonds. The third-order valence-corrected chi connectivity index (χ3v) is 9.89. The zero-order valence-electron chi connectivity index (χ0n) is 19.2. The lowest BCUT2D eigenvalue weighted by Gasteiger charge is -2.38. The van der Waals surface area contributed by atoms with Gasteiger partial charge in [0.1, 0.15) is 17.6 Å². The van der Waals surface area contributed by atoms with E-state index in [0.29, 0.717) is 19.3 Å². The van der Waals surface area contributed by atoms with Crippen molar-refractivity contribution in [2.24, 2.45) is 16.7 Å². The number of ether oxygens (including phenoxy) is 2. The number of hydrogen-bond acceptors (Lipinski definition) is 7. The van der Waals surface area contributed by atoms with E-state index >= 15 is 0 Å². The van der Waals surface area contributed by atoms with Crippen LogP contribution in [0.15, 0.2) is 24.3 Å². The Bertz CT molecular complexity index is 1030. The topological polar surface area (TPSA) is 96.0 Å². The molecule has 4 fully saturated rings. The highest BCUT2D eigenvalue weighted by atomic mass is 32.2. The number of esters is 1.